The maximum atomic E-state index is 13.0. The molecule has 1 unspecified atom stereocenters. The molecule has 1 atom stereocenters. The fourth-order valence-corrected chi connectivity index (χ4v) is 3.79. The summed E-state index contributed by atoms with van der Waals surface area (Å²) in [7, 11) is 1.74. The topological polar surface area (TPSA) is 75.9 Å². The number of carbonyl (C=O) groups excluding carboxylic acids is 2. The zero-order valence-electron chi connectivity index (χ0n) is 14.7. The third-order valence-electron chi connectivity index (χ3n) is 5.17. The van der Waals surface area contributed by atoms with E-state index in [9.17, 15) is 9.59 Å². The molecule has 2 saturated heterocycles. The fourth-order valence-electron chi connectivity index (χ4n) is 3.79. The summed E-state index contributed by atoms with van der Waals surface area (Å²) < 4.78 is 10.7. The molecule has 2 aliphatic heterocycles. The van der Waals surface area contributed by atoms with Gasteiger partial charge in [-0.1, -0.05) is 35.5 Å². The van der Waals surface area contributed by atoms with Crippen molar-refractivity contribution in [3.63, 3.8) is 0 Å². The van der Waals surface area contributed by atoms with Gasteiger partial charge in [0.15, 0.2) is 0 Å². The minimum Gasteiger partial charge on any atom is -0.441 e. The first-order valence-corrected chi connectivity index (χ1v) is 8.81. The Balaban J connectivity index is 1.52. The lowest BCUT2D eigenvalue weighted by molar-refractivity contribution is 0.0438. The molecule has 1 aromatic carbocycles. The summed E-state index contributed by atoms with van der Waals surface area (Å²) in [6.07, 6.45) is 3.33. The number of amides is 2. The van der Waals surface area contributed by atoms with E-state index in [1.54, 1.807) is 16.8 Å². The van der Waals surface area contributed by atoms with E-state index in [0.717, 1.165) is 18.4 Å². The highest BCUT2D eigenvalue weighted by Gasteiger charge is 2.45. The van der Waals surface area contributed by atoms with Crippen LogP contribution in [0.3, 0.4) is 0 Å². The second-order valence-electron chi connectivity index (χ2n) is 7.00. The van der Waals surface area contributed by atoms with E-state index in [0.29, 0.717) is 37.3 Å². The molecule has 0 aliphatic carbocycles. The van der Waals surface area contributed by atoms with E-state index in [1.807, 2.05) is 30.3 Å². The molecule has 0 saturated carbocycles. The number of aromatic nitrogens is 1. The molecule has 3 heterocycles. The maximum absolute atomic E-state index is 13.0. The minimum absolute atomic E-state index is 0.0974. The summed E-state index contributed by atoms with van der Waals surface area (Å²) in [5.74, 6) is -0.0974. The molecule has 136 valence electrons. The van der Waals surface area contributed by atoms with Crippen LogP contribution in [0.1, 0.15) is 29.6 Å². The van der Waals surface area contributed by atoms with Gasteiger partial charge >= 0.3 is 6.09 Å². The van der Waals surface area contributed by atoms with Gasteiger partial charge in [0, 0.05) is 32.1 Å². The number of ether oxygens (including phenoxy) is 1. The third kappa shape index (κ3) is 2.94. The molecule has 1 aromatic heterocycles. The van der Waals surface area contributed by atoms with Gasteiger partial charge in [-0.05, 0) is 12.8 Å². The first kappa shape index (κ1) is 16.6. The molecule has 7 heteroatoms. The highest BCUT2D eigenvalue weighted by atomic mass is 16.6. The van der Waals surface area contributed by atoms with Gasteiger partial charge in [0.05, 0.1) is 6.54 Å². The van der Waals surface area contributed by atoms with Crippen molar-refractivity contribution in [3.8, 4) is 11.3 Å². The molecule has 2 aliphatic rings. The Morgan fingerprint density at radius 1 is 1.19 bits per heavy atom. The molecule has 4 rings (SSSR count). The van der Waals surface area contributed by atoms with Crippen molar-refractivity contribution in [2.75, 3.05) is 26.7 Å². The molecule has 7 nitrogen and oxygen atoms in total. The Morgan fingerprint density at radius 3 is 2.73 bits per heavy atom. The van der Waals surface area contributed by atoms with Gasteiger partial charge in [-0.3, -0.25) is 4.79 Å². The average Bonchev–Trinajstić information content (AvgIpc) is 3.17. The van der Waals surface area contributed by atoms with Crippen LogP contribution in [0.4, 0.5) is 4.79 Å². The largest absolute Gasteiger partial charge is 0.441 e. The van der Waals surface area contributed by atoms with E-state index < -0.39 is 5.60 Å². The lowest BCUT2D eigenvalue weighted by Gasteiger charge is -2.25. The van der Waals surface area contributed by atoms with Gasteiger partial charge in [-0.15, -0.1) is 0 Å². The average molecular weight is 355 g/mol. The minimum atomic E-state index is -0.474. The fraction of sp³-hybridized carbons (Fsp3) is 0.421. The smallest absolute Gasteiger partial charge is 0.410 e. The van der Waals surface area contributed by atoms with Crippen molar-refractivity contribution in [1.82, 2.24) is 15.0 Å². The highest BCUT2D eigenvalue weighted by molar-refractivity contribution is 5.99. The summed E-state index contributed by atoms with van der Waals surface area (Å²) >= 11 is 0. The molecule has 1 spiro atoms. The molecule has 2 aromatic rings. The first-order valence-electron chi connectivity index (χ1n) is 8.81. The predicted octanol–water partition coefficient (Wildman–Crippen LogP) is 2.79. The number of carbonyl (C=O) groups is 2. The molecule has 2 amide bonds. The molecule has 0 radical (unpaired) electrons. The Morgan fingerprint density at radius 2 is 2.00 bits per heavy atom. The van der Waals surface area contributed by atoms with Crippen LogP contribution in [-0.2, 0) is 4.74 Å². The van der Waals surface area contributed by atoms with E-state index in [2.05, 4.69) is 5.16 Å². The van der Waals surface area contributed by atoms with Crippen LogP contribution in [-0.4, -0.2) is 59.2 Å². The van der Waals surface area contributed by atoms with Gasteiger partial charge in [-0.2, -0.15) is 0 Å². The van der Waals surface area contributed by atoms with Crippen LogP contribution in [0.15, 0.2) is 41.1 Å². The summed E-state index contributed by atoms with van der Waals surface area (Å²) in [6.45, 7) is 1.75. The van der Waals surface area contributed by atoms with Crippen LogP contribution >= 0.6 is 0 Å². The van der Waals surface area contributed by atoms with E-state index in [1.165, 1.54) is 6.26 Å². The molecule has 26 heavy (non-hydrogen) atoms. The van der Waals surface area contributed by atoms with Crippen LogP contribution in [0, 0.1) is 0 Å². The summed E-state index contributed by atoms with van der Waals surface area (Å²) in [5, 5.41) is 4.02. The Hall–Kier alpha value is -2.83. The maximum Gasteiger partial charge on any atom is 0.410 e. The number of hydrogen-bond donors (Lipinski definition) is 0. The van der Waals surface area contributed by atoms with Crippen molar-refractivity contribution in [3.05, 3.63) is 42.2 Å². The zero-order valence-corrected chi connectivity index (χ0v) is 14.7. The number of hydrogen-bond acceptors (Lipinski definition) is 5. The van der Waals surface area contributed by atoms with Gasteiger partial charge in [0.2, 0.25) is 0 Å². The van der Waals surface area contributed by atoms with Gasteiger partial charge < -0.3 is 19.1 Å². The second-order valence-corrected chi connectivity index (χ2v) is 7.00. The SMILES string of the molecule is CN1CC2(CCCN(C(=O)c3conc3-c3ccccc3)CC2)OC1=O. The molecular formula is C19H21N3O4. The van der Waals surface area contributed by atoms with Crippen LogP contribution < -0.4 is 0 Å². The Kier molecular flexibility index (Phi) is 4.14. The van der Waals surface area contributed by atoms with E-state index >= 15 is 0 Å². The predicted molar refractivity (Wildman–Crippen MR) is 93.5 cm³/mol. The van der Waals surface area contributed by atoms with Crippen molar-refractivity contribution < 1.29 is 18.8 Å². The van der Waals surface area contributed by atoms with Crippen LogP contribution in [0.25, 0.3) is 11.3 Å². The number of likely N-dealkylation sites (tertiary alicyclic amines) is 1. The normalized spacial score (nSPS) is 23.2. The van der Waals surface area contributed by atoms with Gasteiger partial charge in [0.1, 0.15) is 23.1 Å². The third-order valence-corrected chi connectivity index (χ3v) is 5.17. The number of likely N-dealkylation sites (N-methyl/N-ethyl adjacent to an activating group) is 1. The zero-order chi connectivity index (χ0) is 18.1. The number of rotatable bonds is 2. The van der Waals surface area contributed by atoms with Gasteiger partial charge in [-0.25, -0.2) is 4.79 Å². The quantitative estimate of drug-likeness (QED) is 0.828. The molecule has 0 N–H and O–H groups in total. The van der Waals surface area contributed by atoms with E-state index in [4.69, 9.17) is 9.26 Å². The number of benzene rings is 1. The van der Waals surface area contributed by atoms with Crippen molar-refractivity contribution in [2.24, 2.45) is 0 Å². The lowest BCUT2D eigenvalue weighted by atomic mass is 9.95. The molecular weight excluding hydrogens is 334 g/mol. The second kappa shape index (κ2) is 6.48. The Labute approximate surface area is 151 Å². The highest BCUT2D eigenvalue weighted by Crippen LogP contribution is 2.33. The standard InChI is InChI=1S/C19H21N3O4/c1-21-13-19(26-18(21)24)8-5-10-22(11-9-19)17(23)15-12-25-20-16(15)14-6-3-2-4-7-14/h2-4,6-7,12H,5,8-11,13H2,1H3. The monoisotopic (exact) mass is 355 g/mol. The first-order chi connectivity index (χ1) is 12.6. The van der Waals surface area contributed by atoms with Crippen molar-refractivity contribution in [1.29, 1.82) is 0 Å². The summed E-state index contributed by atoms with van der Waals surface area (Å²) in [4.78, 5) is 28.2. The summed E-state index contributed by atoms with van der Waals surface area (Å²) in [6, 6.07) is 9.52. The lowest BCUT2D eigenvalue weighted by Crippen LogP contribution is -2.36. The summed E-state index contributed by atoms with van der Waals surface area (Å²) in [5.41, 5.74) is 1.40. The molecule has 2 fully saturated rings. The van der Waals surface area contributed by atoms with E-state index in [-0.39, 0.29) is 12.0 Å². The Bertz CT molecular complexity index is 819. The number of nitrogens with zero attached hydrogens (tertiary/aromatic N) is 3. The van der Waals surface area contributed by atoms with Crippen LogP contribution in [0.5, 0.6) is 0 Å². The van der Waals surface area contributed by atoms with Crippen molar-refractivity contribution in [2.45, 2.75) is 24.9 Å². The van der Waals surface area contributed by atoms with Crippen molar-refractivity contribution >= 4 is 12.0 Å². The van der Waals surface area contributed by atoms with Crippen LogP contribution in [0.2, 0.25) is 0 Å². The molecule has 0 bridgehead atoms. The van der Waals surface area contributed by atoms with Gasteiger partial charge in [0.25, 0.3) is 5.91 Å².